The van der Waals surface area contributed by atoms with Gasteiger partial charge in [0.15, 0.2) is 0 Å². The van der Waals surface area contributed by atoms with E-state index < -0.39 is 0 Å². The van der Waals surface area contributed by atoms with Gasteiger partial charge in [-0.15, -0.1) is 0 Å². The zero-order valence-electron chi connectivity index (χ0n) is 8.00. The third kappa shape index (κ3) is 2.37. The monoisotopic (exact) mass is 181 g/mol. The summed E-state index contributed by atoms with van der Waals surface area (Å²) in [7, 11) is 0. The van der Waals surface area contributed by atoms with Gasteiger partial charge >= 0.3 is 0 Å². The number of hydrogen-bond donors (Lipinski definition) is 2. The van der Waals surface area contributed by atoms with E-state index in [1.165, 1.54) is 0 Å². The Morgan fingerprint density at radius 1 is 1.77 bits per heavy atom. The number of rotatable bonds is 3. The van der Waals surface area contributed by atoms with Crippen LogP contribution in [0.4, 0.5) is 0 Å². The first-order valence-electron chi connectivity index (χ1n) is 4.44. The molecule has 1 aliphatic rings. The lowest BCUT2D eigenvalue weighted by atomic mass is 9.92. The van der Waals surface area contributed by atoms with Crippen LogP contribution in [-0.2, 0) is 4.79 Å². The molecule has 0 aliphatic carbocycles. The highest BCUT2D eigenvalue weighted by atomic mass is 16.1. The standard InChI is InChI=1S/C9H15N3O/c1-5(2)7-3-6(4-8(10)11)12-9(7)13/h5,7H,3-4H2,1-2H3,(H3,10,11). The van der Waals surface area contributed by atoms with E-state index in [0.29, 0.717) is 18.8 Å². The summed E-state index contributed by atoms with van der Waals surface area (Å²) in [4.78, 5) is 15.2. The zero-order chi connectivity index (χ0) is 10.0. The van der Waals surface area contributed by atoms with E-state index in [4.69, 9.17) is 11.1 Å². The number of hydrogen-bond acceptors (Lipinski definition) is 2. The fraction of sp³-hybridized carbons (Fsp3) is 0.667. The smallest absolute Gasteiger partial charge is 0.249 e. The van der Waals surface area contributed by atoms with Gasteiger partial charge < -0.3 is 5.73 Å². The van der Waals surface area contributed by atoms with Crippen LogP contribution in [0.25, 0.3) is 0 Å². The third-order valence-corrected chi connectivity index (χ3v) is 2.24. The first-order chi connectivity index (χ1) is 6.00. The summed E-state index contributed by atoms with van der Waals surface area (Å²) in [5, 5.41) is 7.08. The minimum atomic E-state index is -0.0498. The van der Waals surface area contributed by atoms with E-state index in [2.05, 4.69) is 4.99 Å². The van der Waals surface area contributed by atoms with Crippen LogP contribution in [-0.4, -0.2) is 17.5 Å². The summed E-state index contributed by atoms with van der Waals surface area (Å²) in [5.74, 6) is 0.359. The molecule has 0 spiro atoms. The maximum atomic E-state index is 11.3. The van der Waals surface area contributed by atoms with E-state index in [9.17, 15) is 4.79 Å². The van der Waals surface area contributed by atoms with E-state index in [1.807, 2.05) is 13.8 Å². The Morgan fingerprint density at radius 3 is 2.77 bits per heavy atom. The van der Waals surface area contributed by atoms with E-state index in [1.54, 1.807) is 0 Å². The van der Waals surface area contributed by atoms with Gasteiger partial charge in [0, 0.05) is 18.1 Å². The molecule has 0 saturated heterocycles. The molecule has 1 unspecified atom stereocenters. The van der Waals surface area contributed by atoms with Gasteiger partial charge in [0.2, 0.25) is 5.91 Å². The average Bonchev–Trinajstić information content (AvgIpc) is 2.29. The van der Waals surface area contributed by atoms with Crippen LogP contribution in [0.5, 0.6) is 0 Å². The maximum Gasteiger partial charge on any atom is 0.249 e. The molecule has 1 heterocycles. The summed E-state index contributed by atoms with van der Waals surface area (Å²) in [6.07, 6.45) is 1.02. The van der Waals surface area contributed by atoms with Gasteiger partial charge in [-0.2, -0.15) is 0 Å². The van der Waals surface area contributed by atoms with Crippen molar-refractivity contribution in [3.8, 4) is 0 Å². The van der Waals surface area contributed by atoms with Crippen molar-refractivity contribution in [1.82, 2.24) is 0 Å². The highest BCUT2D eigenvalue weighted by molar-refractivity contribution is 6.10. The molecule has 1 amide bonds. The number of aliphatic imine (C=N–C) groups is 1. The molecule has 1 rings (SSSR count). The van der Waals surface area contributed by atoms with Gasteiger partial charge in [-0.25, -0.2) is 4.99 Å². The zero-order valence-corrected chi connectivity index (χ0v) is 8.00. The van der Waals surface area contributed by atoms with Crippen molar-refractivity contribution in [2.75, 3.05) is 0 Å². The Labute approximate surface area is 77.7 Å². The van der Waals surface area contributed by atoms with Crippen LogP contribution in [0.1, 0.15) is 26.7 Å². The molecule has 0 fully saturated rings. The minimum absolute atomic E-state index is 0.00866. The second-order valence-electron chi connectivity index (χ2n) is 3.77. The lowest BCUT2D eigenvalue weighted by Crippen LogP contribution is -2.17. The van der Waals surface area contributed by atoms with Gasteiger partial charge in [-0.05, 0) is 12.3 Å². The molecule has 0 aromatic rings. The molecule has 13 heavy (non-hydrogen) atoms. The topological polar surface area (TPSA) is 79.3 Å². The van der Waals surface area contributed by atoms with E-state index in [-0.39, 0.29) is 17.7 Å². The quantitative estimate of drug-likeness (QED) is 0.502. The number of nitrogens with two attached hydrogens (primary N) is 1. The first-order valence-corrected chi connectivity index (χ1v) is 4.44. The highest BCUT2D eigenvalue weighted by Gasteiger charge is 2.29. The van der Waals surface area contributed by atoms with Crippen molar-refractivity contribution >= 4 is 17.5 Å². The molecule has 0 saturated carbocycles. The van der Waals surface area contributed by atoms with Gasteiger partial charge in [-0.3, -0.25) is 10.2 Å². The SMILES string of the molecule is CC(C)C1CC(CC(=N)N)=NC1=O. The van der Waals surface area contributed by atoms with Crippen LogP contribution in [0.15, 0.2) is 4.99 Å². The normalized spacial score (nSPS) is 22.2. The molecule has 3 N–H and O–H groups in total. The second-order valence-corrected chi connectivity index (χ2v) is 3.77. The Morgan fingerprint density at radius 2 is 2.38 bits per heavy atom. The highest BCUT2D eigenvalue weighted by Crippen LogP contribution is 2.24. The summed E-state index contributed by atoms with van der Waals surface area (Å²) >= 11 is 0. The first kappa shape index (κ1) is 9.89. The molecule has 0 aromatic heterocycles. The van der Waals surface area contributed by atoms with Crippen LogP contribution >= 0.6 is 0 Å². The van der Waals surface area contributed by atoms with Crippen molar-refractivity contribution in [2.24, 2.45) is 22.6 Å². The van der Waals surface area contributed by atoms with E-state index >= 15 is 0 Å². The van der Waals surface area contributed by atoms with Crippen LogP contribution in [0.3, 0.4) is 0 Å². The van der Waals surface area contributed by atoms with Gasteiger partial charge in [0.25, 0.3) is 0 Å². The number of carbonyl (C=O) groups excluding carboxylic acids is 1. The summed E-state index contributed by atoms with van der Waals surface area (Å²) in [6, 6.07) is 0. The summed E-state index contributed by atoms with van der Waals surface area (Å²) < 4.78 is 0. The molecular weight excluding hydrogens is 166 g/mol. The van der Waals surface area contributed by atoms with Gasteiger partial charge in [0.1, 0.15) is 0 Å². The lowest BCUT2D eigenvalue weighted by molar-refractivity contribution is -0.121. The van der Waals surface area contributed by atoms with E-state index in [0.717, 1.165) is 5.71 Å². The lowest BCUT2D eigenvalue weighted by Gasteiger charge is -2.10. The fourth-order valence-corrected chi connectivity index (χ4v) is 1.48. The maximum absolute atomic E-state index is 11.3. The number of nitrogens with zero attached hydrogens (tertiary/aromatic N) is 1. The summed E-state index contributed by atoms with van der Waals surface area (Å²) in [6.45, 7) is 4.02. The number of nitrogens with one attached hydrogen (secondary N) is 1. The van der Waals surface area contributed by atoms with Gasteiger partial charge in [0.05, 0.1) is 5.84 Å². The molecule has 0 radical (unpaired) electrons. The molecule has 72 valence electrons. The van der Waals surface area contributed by atoms with Crippen LogP contribution < -0.4 is 5.73 Å². The molecule has 1 atom stereocenters. The van der Waals surface area contributed by atoms with Crippen molar-refractivity contribution in [1.29, 1.82) is 5.41 Å². The van der Waals surface area contributed by atoms with Crippen molar-refractivity contribution in [3.05, 3.63) is 0 Å². The predicted octanol–water partition coefficient (Wildman–Crippen LogP) is 0.956. The molecule has 4 heteroatoms. The number of amidine groups is 1. The van der Waals surface area contributed by atoms with Crippen molar-refractivity contribution in [3.63, 3.8) is 0 Å². The fourth-order valence-electron chi connectivity index (χ4n) is 1.48. The largest absolute Gasteiger partial charge is 0.387 e. The second kappa shape index (κ2) is 3.68. The minimum Gasteiger partial charge on any atom is -0.387 e. The van der Waals surface area contributed by atoms with Crippen molar-refractivity contribution < 1.29 is 4.79 Å². The van der Waals surface area contributed by atoms with Crippen molar-refractivity contribution in [2.45, 2.75) is 26.7 Å². The molecular formula is C9H15N3O. The predicted molar refractivity (Wildman–Crippen MR) is 51.9 cm³/mol. The summed E-state index contributed by atoms with van der Waals surface area (Å²) in [5.41, 5.74) is 5.99. The Balaban J connectivity index is 2.60. The third-order valence-electron chi connectivity index (χ3n) is 2.24. The average molecular weight is 181 g/mol. The number of carbonyl (C=O) groups is 1. The Kier molecular flexibility index (Phi) is 2.80. The Hall–Kier alpha value is -1.19. The van der Waals surface area contributed by atoms with Crippen LogP contribution in [0.2, 0.25) is 0 Å². The molecule has 0 bridgehead atoms. The molecule has 0 aromatic carbocycles. The van der Waals surface area contributed by atoms with Crippen LogP contribution in [0, 0.1) is 17.2 Å². The molecule has 1 aliphatic heterocycles. The Bertz CT molecular complexity index is 268. The molecule has 4 nitrogen and oxygen atoms in total. The van der Waals surface area contributed by atoms with Gasteiger partial charge in [-0.1, -0.05) is 13.8 Å². The number of amides is 1.